The topological polar surface area (TPSA) is 82.2 Å². The van der Waals surface area contributed by atoms with Crippen molar-refractivity contribution in [2.45, 2.75) is 33.6 Å². The monoisotopic (exact) mass is 298 g/mol. The van der Waals surface area contributed by atoms with E-state index in [1.54, 1.807) is 0 Å². The quantitative estimate of drug-likeness (QED) is 0.320. The van der Waals surface area contributed by atoms with Gasteiger partial charge in [-0.05, 0) is 38.8 Å². The molecule has 6 heteroatoms. The molecule has 0 aromatic rings. The molecule has 1 aliphatic rings. The molecule has 1 saturated carbocycles. The van der Waals surface area contributed by atoms with Crippen LogP contribution in [0.5, 0.6) is 0 Å². The Bertz CT molecular complexity index is 387. The summed E-state index contributed by atoms with van der Waals surface area (Å²) in [6, 6.07) is 0. The standard InChI is InChI=1S/C15H30N4O2/c1-11(2)10-19(7-6-18(4)5)14(20)15(13(16)17-21)8-12(3)9-15/h11-12,21H,6-10H2,1-5H3,(H2,16,17). The second-order valence-corrected chi connectivity index (χ2v) is 7.03. The Morgan fingerprint density at radius 2 is 1.95 bits per heavy atom. The minimum Gasteiger partial charge on any atom is -0.409 e. The fraction of sp³-hybridized carbons (Fsp3) is 0.867. The Morgan fingerprint density at radius 3 is 2.33 bits per heavy atom. The van der Waals surface area contributed by atoms with Crippen molar-refractivity contribution in [1.29, 1.82) is 0 Å². The van der Waals surface area contributed by atoms with E-state index in [2.05, 4.69) is 30.8 Å². The van der Waals surface area contributed by atoms with Crippen LogP contribution >= 0.6 is 0 Å². The first kappa shape index (κ1) is 17.8. The molecule has 122 valence electrons. The Kier molecular flexibility index (Phi) is 6.01. The third kappa shape index (κ3) is 4.09. The van der Waals surface area contributed by atoms with Crippen LogP contribution in [-0.2, 0) is 4.79 Å². The molecule has 1 amide bonds. The Hall–Kier alpha value is -1.30. The van der Waals surface area contributed by atoms with Crippen LogP contribution < -0.4 is 5.73 Å². The molecule has 0 saturated heterocycles. The maximum Gasteiger partial charge on any atom is 0.236 e. The molecule has 21 heavy (non-hydrogen) atoms. The summed E-state index contributed by atoms with van der Waals surface area (Å²) < 4.78 is 0. The summed E-state index contributed by atoms with van der Waals surface area (Å²) in [5.41, 5.74) is 5.05. The van der Waals surface area contributed by atoms with E-state index in [4.69, 9.17) is 10.9 Å². The highest BCUT2D eigenvalue weighted by Gasteiger charge is 2.53. The highest BCUT2D eigenvalue weighted by molar-refractivity contribution is 6.07. The second-order valence-electron chi connectivity index (χ2n) is 7.03. The second kappa shape index (κ2) is 7.11. The number of likely N-dealkylation sites (N-methyl/N-ethyl adjacent to an activating group) is 1. The van der Waals surface area contributed by atoms with Crippen molar-refractivity contribution in [1.82, 2.24) is 9.80 Å². The lowest BCUT2D eigenvalue weighted by molar-refractivity contribution is -0.145. The highest BCUT2D eigenvalue weighted by atomic mass is 16.4. The van der Waals surface area contributed by atoms with Crippen LogP contribution in [0.25, 0.3) is 0 Å². The minimum atomic E-state index is -0.796. The van der Waals surface area contributed by atoms with Crippen molar-refractivity contribution in [2.75, 3.05) is 33.7 Å². The molecule has 0 aromatic heterocycles. The van der Waals surface area contributed by atoms with Gasteiger partial charge in [-0.15, -0.1) is 0 Å². The largest absolute Gasteiger partial charge is 0.409 e. The van der Waals surface area contributed by atoms with Crippen LogP contribution in [0.2, 0.25) is 0 Å². The normalized spacial score (nSPS) is 26.0. The molecule has 1 aliphatic carbocycles. The lowest BCUT2D eigenvalue weighted by atomic mass is 9.61. The number of nitrogens with zero attached hydrogens (tertiary/aromatic N) is 3. The maximum atomic E-state index is 13.0. The van der Waals surface area contributed by atoms with Gasteiger partial charge < -0.3 is 20.7 Å². The van der Waals surface area contributed by atoms with Crippen molar-refractivity contribution in [3.8, 4) is 0 Å². The lowest BCUT2D eigenvalue weighted by Gasteiger charge is -2.46. The average molecular weight is 298 g/mol. The molecule has 1 fully saturated rings. The van der Waals surface area contributed by atoms with Crippen LogP contribution in [-0.4, -0.2) is 60.5 Å². The van der Waals surface area contributed by atoms with Gasteiger partial charge in [-0.3, -0.25) is 4.79 Å². The number of carbonyl (C=O) groups is 1. The van der Waals surface area contributed by atoms with Gasteiger partial charge in [0.1, 0.15) is 5.41 Å². The Balaban J connectivity index is 2.91. The van der Waals surface area contributed by atoms with Crippen LogP contribution in [0.15, 0.2) is 5.16 Å². The Morgan fingerprint density at radius 1 is 1.38 bits per heavy atom. The summed E-state index contributed by atoms with van der Waals surface area (Å²) in [4.78, 5) is 16.9. The molecular weight excluding hydrogens is 268 g/mol. The van der Waals surface area contributed by atoms with Crippen molar-refractivity contribution >= 4 is 11.7 Å². The molecule has 0 radical (unpaired) electrons. The third-order valence-corrected chi connectivity index (χ3v) is 4.09. The number of oxime groups is 1. The zero-order valence-electron chi connectivity index (χ0n) is 14.0. The molecule has 0 atom stereocenters. The van der Waals surface area contributed by atoms with E-state index < -0.39 is 5.41 Å². The summed E-state index contributed by atoms with van der Waals surface area (Å²) in [7, 11) is 3.98. The molecule has 3 N–H and O–H groups in total. The fourth-order valence-corrected chi connectivity index (χ4v) is 3.06. The van der Waals surface area contributed by atoms with Crippen molar-refractivity contribution in [3.63, 3.8) is 0 Å². The van der Waals surface area contributed by atoms with Crippen molar-refractivity contribution in [2.24, 2.45) is 28.1 Å². The predicted molar refractivity (Wildman–Crippen MR) is 84.2 cm³/mol. The van der Waals surface area contributed by atoms with Gasteiger partial charge in [0.05, 0.1) is 0 Å². The molecule has 0 aromatic carbocycles. The number of hydrogen-bond acceptors (Lipinski definition) is 4. The van der Waals surface area contributed by atoms with Crippen LogP contribution in [0.3, 0.4) is 0 Å². The summed E-state index contributed by atoms with van der Waals surface area (Å²) >= 11 is 0. The molecule has 0 spiro atoms. The first-order valence-electron chi connectivity index (χ1n) is 7.65. The average Bonchev–Trinajstić information content (AvgIpc) is 2.37. The smallest absolute Gasteiger partial charge is 0.236 e. The lowest BCUT2D eigenvalue weighted by Crippen LogP contribution is -2.58. The van der Waals surface area contributed by atoms with Gasteiger partial charge in [-0.2, -0.15) is 0 Å². The number of amides is 1. The van der Waals surface area contributed by atoms with E-state index in [-0.39, 0.29) is 11.7 Å². The van der Waals surface area contributed by atoms with Gasteiger partial charge in [-0.25, -0.2) is 0 Å². The Labute approximate surface area is 128 Å². The molecule has 0 heterocycles. The zero-order valence-corrected chi connectivity index (χ0v) is 14.0. The summed E-state index contributed by atoms with van der Waals surface area (Å²) in [6.45, 7) is 8.44. The van der Waals surface area contributed by atoms with E-state index in [1.165, 1.54) is 0 Å². The van der Waals surface area contributed by atoms with E-state index in [0.29, 0.717) is 37.8 Å². The molecule has 6 nitrogen and oxygen atoms in total. The number of hydrogen-bond donors (Lipinski definition) is 2. The van der Waals surface area contributed by atoms with Gasteiger partial charge in [0.2, 0.25) is 5.91 Å². The summed E-state index contributed by atoms with van der Waals surface area (Å²) in [5, 5.41) is 12.2. The van der Waals surface area contributed by atoms with Crippen LogP contribution in [0.1, 0.15) is 33.6 Å². The third-order valence-electron chi connectivity index (χ3n) is 4.09. The van der Waals surface area contributed by atoms with Crippen molar-refractivity contribution < 1.29 is 10.0 Å². The SMILES string of the molecule is CC(C)CN(CCN(C)C)C(=O)C1(C(N)=NO)CC(C)C1. The van der Waals surface area contributed by atoms with Gasteiger partial charge in [0.25, 0.3) is 0 Å². The number of amidine groups is 1. The minimum absolute atomic E-state index is 0.00597. The first-order chi connectivity index (χ1) is 9.72. The van der Waals surface area contributed by atoms with E-state index in [1.807, 2.05) is 19.0 Å². The molecule has 1 rings (SSSR count). The van der Waals surface area contributed by atoms with Gasteiger partial charge >= 0.3 is 0 Å². The number of carbonyl (C=O) groups excluding carboxylic acids is 1. The van der Waals surface area contributed by atoms with E-state index in [9.17, 15) is 4.79 Å². The molecule has 0 bridgehead atoms. The molecule has 0 unspecified atom stereocenters. The predicted octanol–water partition coefficient (Wildman–Crippen LogP) is 1.20. The highest BCUT2D eigenvalue weighted by Crippen LogP contribution is 2.47. The molecule has 0 aliphatic heterocycles. The molecular formula is C15H30N4O2. The fourth-order valence-electron chi connectivity index (χ4n) is 3.06. The van der Waals surface area contributed by atoms with E-state index >= 15 is 0 Å². The van der Waals surface area contributed by atoms with Gasteiger partial charge in [0, 0.05) is 19.6 Å². The van der Waals surface area contributed by atoms with Crippen molar-refractivity contribution in [3.05, 3.63) is 0 Å². The maximum absolute atomic E-state index is 13.0. The van der Waals surface area contributed by atoms with Crippen LogP contribution in [0, 0.1) is 17.3 Å². The van der Waals surface area contributed by atoms with E-state index in [0.717, 1.165) is 6.54 Å². The first-order valence-corrected chi connectivity index (χ1v) is 7.65. The summed E-state index contributed by atoms with van der Waals surface area (Å²) in [6.07, 6.45) is 1.33. The van der Waals surface area contributed by atoms with Gasteiger partial charge in [0.15, 0.2) is 5.84 Å². The number of rotatable bonds is 7. The summed E-state index contributed by atoms with van der Waals surface area (Å²) in [5.74, 6) is 0.887. The van der Waals surface area contributed by atoms with Gasteiger partial charge in [-0.1, -0.05) is 25.9 Å². The zero-order chi connectivity index (χ0) is 16.2. The van der Waals surface area contributed by atoms with Crippen LogP contribution in [0.4, 0.5) is 0 Å². The number of nitrogens with two attached hydrogens (primary N) is 1.